The van der Waals surface area contributed by atoms with Crippen LogP contribution in [-0.4, -0.2) is 69.0 Å². The largest absolute Gasteiger partial charge is 0.379 e. The van der Waals surface area contributed by atoms with Gasteiger partial charge in [0.1, 0.15) is 6.34 Å². The third kappa shape index (κ3) is 4.12. The van der Waals surface area contributed by atoms with Crippen LogP contribution in [0.5, 0.6) is 0 Å². The van der Waals surface area contributed by atoms with Crippen molar-refractivity contribution in [2.45, 2.75) is 0 Å². The summed E-state index contributed by atoms with van der Waals surface area (Å²) in [5, 5.41) is 3.77. The first kappa shape index (κ1) is 22.0. The monoisotopic (exact) mass is 467 g/mol. The van der Waals surface area contributed by atoms with Crippen LogP contribution in [0.4, 0.5) is 11.4 Å². The van der Waals surface area contributed by atoms with E-state index in [0.29, 0.717) is 0 Å². The molecule has 0 atom stereocenters. The normalized spacial score (nSPS) is 18.7. The highest BCUT2D eigenvalue weighted by molar-refractivity contribution is 8.15. The zero-order valence-electron chi connectivity index (χ0n) is 18.5. The minimum absolute atomic E-state index is 0.755. The van der Waals surface area contributed by atoms with E-state index in [1.54, 1.807) is 0 Å². The molecule has 0 unspecified atom stereocenters. The van der Waals surface area contributed by atoms with Crippen LogP contribution >= 0.6 is 6.34 Å². The second-order valence-corrected chi connectivity index (χ2v) is 12.5. The van der Waals surface area contributed by atoms with Gasteiger partial charge in [-0.25, -0.2) is 0 Å². The second kappa shape index (κ2) is 9.60. The number of benzene rings is 3. The maximum absolute atomic E-state index is 6.51. The first-order valence-electron chi connectivity index (χ1n) is 11.3. The van der Waals surface area contributed by atoms with E-state index in [0.717, 1.165) is 58.3 Å². The molecule has 0 bridgehead atoms. The minimum Gasteiger partial charge on any atom is -0.379 e. The van der Waals surface area contributed by atoms with Gasteiger partial charge in [-0.3, -0.25) is 9.34 Å². The molecule has 0 spiro atoms. The highest BCUT2D eigenvalue weighted by atomic mass is 32.4. The molecule has 5 rings (SSSR count). The lowest BCUT2D eigenvalue weighted by atomic mass is 10.1. The van der Waals surface area contributed by atoms with Gasteiger partial charge in [0.05, 0.1) is 26.4 Å². The van der Waals surface area contributed by atoms with Gasteiger partial charge in [0, 0.05) is 55.3 Å². The Bertz CT molecular complexity index is 1080. The van der Waals surface area contributed by atoms with Gasteiger partial charge in [-0.1, -0.05) is 48.2 Å². The van der Waals surface area contributed by atoms with E-state index >= 15 is 0 Å². The fourth-order valence-corrected chi connectivity index (χ4v) is 8.97. The number of anilines is 2. The van der Waals surface area contributed by atoms with Gasteiger partial charge in [-0.05, 0) is 35.7 Å². The lowest BCUT2D eigenvalue weighted by Gasteiger charge is -2.45. The molecule has 0 N–H and O–H groups in total. The number of ether oxygens (including phenoxy) is 2. The lowest BCUT2D eigenvalue weighted by molar-refractivity contribution is 0.0589. The Hall–Kier alpha value is -1.79. The van der Waals surface area contributed by atoms with Crippen LogP contribution < -0.4 is 10.2 Å². The molecule has 0 amide bonds. The van der Waals surface area contributed by atoms with Gasteiger partial charge in [0.25, 0.3) is 0 Å². The van der Waals surface area contributed by atoms with Crippen molar-refractivity contribution >= 4 is 45.6 Å². The minimum atomic E-state index is -2.06. The van der Waals surface area contributed by atoms with Crippen molar-refractivity contribution < 1.29 is 9.47 Å². The molecule has 168 valence electrons. The maximum atomic E-state index is 6.51. The molecule has 3 aromatic carbocycles. The van der Waals surface area contributed by atoms with Crippen LogP contribution in [0, 0.1) is 0 Å². The molecule has 3 aromatic rings. The van der Waals surface area contributed by atoms with Crippen molar-refractivity contribution in [3.05, 3.63) is 66.7 Å². The Balaban J connectivity index is 1.48. The first-order chi connectivity index (χ1) is 15.7. The van der Waals surface area contributed by atoms with Crippen LogP contribution in [0.15, 0.2) is 66.7 Å². The van der Waals surface area contributed by atoms with Crippen LogP contribution in [-0.2, 0) is 21.3 Å². The molecule has 2 fully saturated rings. The molecule has 2 aliphatic heterocycles. The molecule has 2 aliphatic rings. The molecular weight excluding hydrogens is 437 g/mol. The molecule has 0 radical (unpaired) electrons. The average molecular weight is 468 g/mol. The maximum Gasteiger partial charge on any atom is 0.107 e. The second-order valence-electron chi connectivity index (χ2n) is 8.25. The van der Waals surface area contributed by atoms with Crippen LogP contribution in [0.3, 0.4) is 0 Å². The number of nitrogens with zero attached hydrogens (tertiary/aromatic N) is 3. The third-order valence-corrected chi connectivity index (χ3v) is 11.8. The number of morpholine rings is 2. The van der Waals surface area contributed by atoms with Crippen LogP contribution in [0.25, 0.3) is 10.8 Å². The van der Waals surface area contributed by atoms with E-state index in [9.17, 15) is 0 Å². The van der Waals surface area contributed by atoms with Crippen molar-refractivity contribution in [3.63, 3.8) is 0 Å². The Labute approximate surface area is 195 Å². The lowest BCUT2D eigenvalue weighted by Crippen LogP contribution is -2.46. The van der Waals surface area contributed by atoms with E-state index in [1.165, 1.54) is 21.8 Å². The summed E-state index contributed by atoms with van der Waals surface area (Å²) in [6.07, 6.45) is -2.06. The summed E-state index contributed by atoms with van der Waals surface area (Å²) in [6.45, 7) is 6.60. The number of hydrogen-bond acceptors (Lipinski definition) is 4. The van der Waals surface area contributed by atoms with Crippen molar-refractivity contribution in [2.75, 3.05) is 64.6 Å². The molecule has 32 heavy (non-hydrogen) atoms. The van der Waals surface area contributed by atoms with Gasteiger partial charge in [0.2, 0.25) is 0 Å². The van der Waals surface area contributed by atoms with E-state index < -0.39 is 6.34 Å². The number of rotatable bonds is 5. The molecule has 2 saturated heterocycles. The van der Waals surface area contributed by atoms with Crippen LogP contribution in [0.1, 0.15) is 0 Å². The van der Waals surface area contributed by atoms with Gasteiger partial charge in [-0.15, -0.1) is 0 Å². The summed E-state index contributed by atoms with van der Waals surface area (Å²) >= 11 is 6.51. The SMILES string of the molecule is CN(c1ccc(P(=S)(N2CCOCC2)N2CCOCC2)cc1)c1cccc2ccccc12. The first-order valence-corrected chi connectivity index (χ1v) is 14.0. The Morgan fingerprint density at radius 1 is 0.750 bits per heavy atom. The Morgan fingerprint density at radius 2 is 1.31 bits per heavy atom. The average Bonchev–Trinajstić information content (AvgIpc) is 2.88. The topological polar surface area (TPSA) is 28.2 Å². The fraction of sp³-hybridized carbons (Fsp3) is 0.360. The summed E-state index contributed by atoms with van der Waals surface area (Å²) in [7, 11) is 2.14. The molecule has 0 saturated carbocycles. The fourth-order valence-electron chi connectivity index (χ4n) is 4.67. The Kier molecular flexibility index (Phi) is 6.61. The van der Waals surface area contributed by atoms with Gasteiger partial charge in [0.15, 0.2) is 0 Å². The zero-order chi connectivity index (χ0) is 22.0. The predicted molar refractivity (Wildman–Crippen MR) is 137 cm³/mol. The molecule has 7 heteroatoms. The van der Waals surface area contributed by atoms with E-state index in [4.69, 9.17) is 21.3 Å². The number of hydrogen-bond donors (Lipinski definition) is 0. The molecule has 5 nitrogen and oxygen atoms in total. The quantitative estimate of drug-likeness (QED) is 0.522. The third-order valence-electron chi connectivity index (χ3n) is 6.44. The van der Waals surface area contributed by atoms with Crippen molar-refractivity contribution in [1.29, 1.82) is 0 Å². The van der Waals surface area contributed by atoms with E-state index in [1.807, 2.05) is 0 Å². The standard InChI is InChI=1S/C25H30N3O2PS/c1-26(25-8-4-6-21-5-2-3-7-24(21)25)22-9-11-23(12-10-22)31(32,27-13-17-29-18-14-27)28-15-19-30-20-16-28/h2-12H,13-20H2,1H3. The van der Waals surface area contributed by atoms with Gasteiger partial charge in [-0.2, -0.15) is 0 Å². The van der Waals surface area contributed by atoms with Gasteiger partial charge < -0.3 is 14.4 Å². The van der Waals surface area contributed by atoms with Crippen molar-refractivity contribution in [1.82, 2.24) is 9.34 Å². The highest BCUT2D eigenvalue weighted by Gasteiger charge is 2.36. The molecule has 2 heterocycles. The summed E-state index contributed by atoms with van der Waals surface area (Å²) in [5.74, 6) is 0. The number of fused-ring (bicyclic) bond motifs is 1. The zero-order valence-corrected chi connectivity index (χ0v) is 20.2. The van der Waals surface area contributed by atoms with E-state index in [2.05, 4.69) is 88.0 Å². The summed E-state index contributed by atoms with van der Waals surface area (Å²) < 4.78 is 16.3. The van der Waals surface area contributed by atoms with Crippen LogP contribution in [0.2, 0.25) is 0 Å². The highest BCUT2D eigenvalue weighted by Crippen LogP contribution is 2.53. The molecule has 0 aliphatic carbocycles. The van der Waals surface area contributed by atoms with Crippen molar-refractivity contribution in [2.24, 2.45) is 0 Å². The summed E-state index contributed by atoms with van der Waals surface area (Å²) in [4.78, 5) is 2.26. The Morgan fingerprint density at radius 3 is 1.94 bits per heavy atom. The molecular formula is C25H30N3O2PS. The summed E-state index contributed by atoms with van der Waals surface area (Å²) in [6, 6.07) is 24.0. The smallest absolute Gasteiger partial charge is 0.107 e. The molecule has 0 aromatic heterocycles. The van der Waals surface area contributed by atoms with E-state index in [-0.39, 0.29) is 0 Å². The van der Waals surface area contributed by atoms with Gasteiger partial charge >= 0.3 is 0 Å². The van der Waals surface area contributed by atoms with Crippen molar-refractivity contribution in [3.8, 4) is 0 Å². The predicted octanol–water partition coefficient (Wildman–Crippen LogP) is 4.21. The summed E-state index contributed by atoms with van der Waals surface area (Å²) in [5.41, 5.74) is 2.37.